The Hall–Kier alpha value is -2.21. The molecular weight excluding hydrogens is 391 g/mol. The second-order valence-corrected chi connectivity index (χ2v) is 9.57. The van der Waals surface area contributed by atoms with Gasteiger partial charge in [-0.1, -0.05) is 19.3 Å². The van der Waals surface area contributed by atoms with E-state index >= 15 is 0 Å². The minimum atomic E-state index is -0.264. The number of rotatable bonds is 5. The van der Waals surface area contributed by atoms with E-state index in [9.17, 15) is 9.18 Å². The van der Waals surface area contributed by atoms with Crippen LogP contribution in [-0.2, 0) is 12.8 Å². The fraction of sp³-hybridized carbons (Fsp3) is 0.600. The van der Waals surface area contributed by atoms with E-state index in [1.165, 1.54) is 50.8 Å². The predicted octanol–water partition coefficient (Wildman–Crippen LogP) is 4.27. The van der Waals surface area contributed by atoms with Gasteiger partial charge in [0.2, 0.25) is 0 Å². The van der Waals surface area contributed by atoms with Gasteiger partial charge in [-0.15, -0.1) is 0 Å². The maximum atomic E-state index is 13.3. The van der Waals surface area contributed by atoms with Gasteiger partial charge in [-0.25, -0.2) is 9.07 Å². The van der Waals surface area contributed by atoms with Crippen molar-refractivity contribution in [1.82, 2.24) is 20.0 Å². The summed E-state index contributed by atoms with van der Waals surface area (Å²) < 4.78 is 15.2. The molecule has 2 heterocycles. The highest BCUT2D eigenvalue weighted by Gasteiger charge is 2.29. The van der Waals surface area contributed by atoms with Crippen LogP contribution >= 0.6 is 0 Å². The summed E-state index contributed by atoms with van der Waals surface area (Å²) in [5.74, 6) is 0.558. The van der Waals surface area contributed by atoms with Crippen LogP contribution in [0.5, 0.6) is 0 Å². The van der Waals surface area contributed by atoms with Crippen LogP contribution in [0.2, 0.25) is 0 Å². The zero-order valence-electron chi connectivity index (χ0n) is 18.3. The summed E-state index contributed by atoms with van der Waals surface area (Å²) >= 11 is 0. The molecule has 31 heavy (non-hydrogen) atoms. The van der Waals surface area contributed by atoms with E-state index in [1.807, 2.05) is 4.68 Å². The summed E-state index contributed by atoms with van der Waals surface area (Å²) in [6.45, 7) is 3.38. The number of halogens is 1. The lowest BCUT2D eigenvalue weighted by Gasteiger charge is -2.35. The van der Waals surface area contributed by atoms with Crippen molar-refractivity contribution in [2.75, 3.05) is 19.6 Å². The molecule has 1 aliphatic heterocycles. The molecule has 0 spiro atoms. The highest BCUT2D eigenvalue weighted by atomic mass is 19.1. The van der Waals surface area contributed by atoms with E-state index in [0.29, 0.717) is 5.69 Å². The van der Waals surface area contributed by atoms with Crippen molar-refractivity contribution >= 4 is 5.91 Å². The van der Waals surface area contributed by atoms with Gasteiger partial charge in [0.15, 0.2) is 5.69 Å². The number of benzene rings is 1. The number of aromatic nitrogens is 2. The summed E-state index contributed by atoms with van der Waals surface area (Å²) in [5.41, 5.74) is 3.53. The molecule has 5 rings (SSSR count). The quantitative estimate of drug-likeness (QED) is 0.780. The molecule has 166 valence electrons. The van der Waals surface area contributed by atoms with Gasteiger partial charge in [-0.3, -0.25) is 4.79 Å². The van der Waals surface area contributed by atoms with Crippen molar-refractivity contribution in [3.8, 4) is 5.69 Å². The Labute approximate surface area is 184 Å². The summed E-state index contributed by atoms with van der Waals surface area (Å²) in [7, 11) is 0. The highest BCUT2D eigenvalue weighted by Crippen LogP contribution is 2.29. The number of carbonyl (C=O) groups is 1. The summed E-state index contributed by atoms with van der Waals surface area (Å²) in [4.78, 5) is 15.7. The third kappa shape index (κ3) is 4.54. The van der Waals surface area contributed by atoms with Crippen molar-refractivity contribution < 1.29 is 9.18 Å². The number of likely N-dealkylation sites (tertiary alicyclic amines) is 1. The molecule has 3 aliphatic rings. The lowest BCUT2D eigenvalue weighted by atomic mass is 9.88. The smallest absolute Gasteiger partial charge is 0.272 e. The second kappa shape index (κ2) is 9.11. The molecule has 1 saturated heterocycles. The number of piperidine rings is 1. The number of nitrogens with zero attached hydrogens (tertiary/aromatic N) is 3. The number of amides is 1. The average molecular weight is 425 g/mol. The van der Waals surface area contributed by atoms with E-state index < -0.39 is 0 Å². The topological polar surface area (TPSA) is 50.2 Å². The Bertz CT molecular complexity index is 908. The van der Waals surface area contributed by atoms with Crippen LogP contribution in [0.4, 0.5) is 4.39 Å². The van der Waals surface area contributed by atoms with Gasteiger partial charge in [0.1, 0.15) is 5.82 Å². The van der Waals surface area contributed by atoms with E-state index in [-0.39, 0.29) is 17.8 Å². The highest BCUT2D eigenvalue weighted by molar-refractivity contribution is 5.94. The second-order valence-electron chi connectivity index (χ2n) is 9.57. The van der Waals surface area contributed by atoms with Crippen molar-refractivity contribution in [3.05, 3.63) is 47.0 Å². The van der Waals surface area contributed by atoms with Crippen molar-refractivity contribution in [1.29, 1.82) is 0 Å². The molecule has 2 fully saturated rings. The molecule has 5 nitrogen and oxygen atoms in total. The number of hydrogen-bond acceptors (Lipinski definition) is 3. The first kappa shape index (κ1) is 20.7. The van der Waals surface area contributed by atoms with Gasteiger partial charge in [0, 0.05) is 36.9 Å². The van der Waals surface area contributed by atoms with Crippen LogP contribution in [0, 0.1) is 11.7 Å². The maximum Gasteiger partial charge on any atom is 0.272 e. The van der Waals surface area contributed by atoms with Crippen molar-refractivity contribution in [2.45, 2.75) is 70.3 Å². The van der Waals surface area contributed by atoms with Crippen LogP contribution in [0.1, 0.15) is 73.1 Å². The summed E-state index contributed by atoms with van der Waals surface area (Å²) in [5, 5.41) is 7.92. The molecule has 6 heteroatoms. The van der Waals surface area contributed by atoms with Crippen molar-refractivity contribution in [3.63, 3.8) is 0 Å². The first-order valence-corrected chi connectivity index (χ1v) is 12.1. The summed E-state index contributed by atoms with van der Waals surface area (Å²) in [6.07, 6.45) is 11.8. The molecule has 1 N–H and O–H groups in total. The van der Waals surface area contributed by atoms with E-state index in [4.69, 9.17) is 0 Å². The van der Waals surface area contributed by atoms with Crippen LogP contribution < -0.4 is 5.32 Å². The normalized spacial score (nSPS) is 20.7. The molecule has 0 radical (unpaired) electrons. The minimum absolute atomic E-state index is 0.0512. The Kier molecular flexibility index (Phi) is 6.08. The molecule has 0 atom stereocenters. The molecule has 1 aromatic carbocycles. The van der Waals surface area contributed by atoms with Crippen LogP contribution in [-0.4, -0.2) is 46.3 Å². The van der Waals surface area contributed by atoms with Gasteiger partial charge in [0.25, 0.3) is 5.91 Å². The molecule has 1 aromatic heterocycles. The Morgan fingerprint density at radius 2 is 1.74 bits per heavy atom. The maximum absolute atomic E-state index is 13.3. The van der Waals surface area contributed by atoms with Gasteiger partial charge in [-0.05, 0) is 75.1 Å². The summed E-state index contributed by atoms with van der Waals surface area (Å²) in [6, 6.07) is 6.57. The molecule has 1 saturated carbocycles. The molecule has 2 aliphatic carbocycles. The van der Waals surface area contributed by atoms with Gasteiger partial charge in [-0.2, -0.15) is 5.10 Å². The third-order valence-electron chi connectivity index (χ3n) is 7.38. The van der Waals surface area contributed by atoms with E-state index in [2.05, 4.69) is 15.3 Å². The standard InChI is InChI=1S/C25H33FN4O/c26-19-9-11-21(12-10-19)30-23-8-4-7-22(23)24(28-30)25(31)27-20-13-15-29(16-14-20)17-18-5-2-1-3-6-18/h9-12,18,20H,1-8,13-17H2,(H,27,31). The fourth-order valence-corrected chi connectivity index (χ4v) is 5.66. The molecule has 0 bridgehead atoms. The molecule has 0 unspecified atom stereocenters. The Morgan fingerprint density at radius 3 is 2.48 bits per heavy atom. The Morgan fingerprint density at radius 1 is 1.00 bits per heavy atom. The largest absolute Gasteiger partial charge is 0.348 e. The Balaban J connectivity index is 1.21. The zero-order valence-corrected chi connectivity index (χ0v) is 18.3. The molecule has 2 aromatic rings. The third-order valence-corrected chi connectivity index (χ3v) is 7.38. The van der Waals surface area contributed by atoms with Gasteiger partial charge < -0.3 is 10.2 Å². The minimum Gasteiger partial charge on any atom is -0.348 e. The lowest BCUT2D eigenvalue weighted by molar-refractivity contribution is 0.0895. The monoisotopic (exact) mass is 424 g/mol. The number of carbonyl (C=O) groups excluding carboxylic acids is 1. The zero-order chi connectivity index (χ0) is 21.2. The predicted molar refractivity (Wildman–Crippen MR) is 119 cm³/mol. The van der Waals surface area contributed by atoms with Gasteiger partial charge in [0.05, 0.1) is 5.69 Å². The van der Waals surface area contributed by atoms with E-state index in [0.717, 1.165) is 68.1 Å². The number of nitrogens with one attached hydrogen (secondary N) is 1. The first-order chi connectivity index (χ1) is 15.2. The lowest BCUT2D eigenvalue weighted by Crippen LogP contribution is -2.46. The van der Waals surface area contributed by atoms with Crippen LogP contribution in [0.3, 0.4) is 0 Å². The number of fused-ring (bicyclic) bond motifs is 1. The average Bonchev–Trinajstić information content (AvgIpc) is 3.39. The molecule has 1 amide bonds. The van der Waals surface area contributed by atoms with Crippen LogP contribution in [0.25, 0.3) is 5.69 Å². The van der Waals surface area contributed by atoms with Crippen molar-refractivity contribution in [2.24, 2.45) is 5.92 Å². The fourth-order valence-electron chi connectivity index (χ4n) is 5.66. The SMILES string of the molecule is O=C(NC1CCN(CC2CCCCC2)CC1)c1nn(-c2ccc(F)cc2)c2c1CCC2. The van der Waals surface area contributed by atoms with Gasteiger partial charge >= 0.3 is 0 Å². The molecular formula is C25H33FN4O. The number of hydrogen-bond donors (Lipinski definition) is 1. The van der Waals surface area contributed by atoms with E-state index in [1.54, 1.807) is 12.1 Å². The van der Waals surface area contributed by atoms with Crippen LogP contribution in [0.15, 0.2) is 24.3 Å². The first-order valence-electron chi connectivity index (χ1n) is 12.1.